The summed E-state index contributed by atoms with van der Waals surface area (Å²) in [4.78, 5) is 41.0. The second-order valence-corrected chi connectivity index (χ2v) is 8.00. The van der Waals surface area contributed by atoms with E-state index in [1.165, 1.54) is 12.1 Å². The summed E-state index contributed by atoms with van der Waals surface area (Å²) in [6, 6.07) is 15.4. The molecule has 1 saturated heterocycles. The van der Waals surface area contributed by atoms with Crippen LogP contribution in [-0.2, 0) is 9.59 Å². The monoisotopic (exact) mass is 408 g/mol. The van der Waals surface area contributed by atoms with Crippen LogP contribution >= 0.6 is 0 Å². The van der Waals surface area contributed by atoms with Crippen molar-refractivity contribution in [2.45, 2.75) is 25.2 Å². The van der Waals surface area contributed by atoms with E-state index in [0.717, 1.165) is 12.0 Å². The molecule has 0 spiro atoms. The molecule has 1 aliphatic heterocycles. The van der Waals surface area contributed by atoms with Gasteiger partial charge >= 0.3 is 0 Å². The molecule has 2 aliphatic rings. The zero-order chi connectivity index (χ0) is 21.1. The summed E-state index contributed by atoms with van der Waals surface area (Å²) in [6.07, 6.45) is 1.19. The highest BCUT2D eigenvalue weighted by molar-refractivity contribution is 5.97. The van der Waals surface area contributed by atoms with E-state index in [2.05, 4.69) is 0 Å². The highest BCUT2D eigenvalue weighted by Gasteiger charge is 2.46. The number of hydrogen-bond acceptors (Lipinski definition) is 3. The quantitative estimate of drug-likeness (QED) is 0.690. The predicted molar refractivity (Wildman–Crippen MR) is 110 cm³/mol. The van der Waals surface area contributed by atoms with Crippen LogP contribution in [0.25, 0.3) is 0 Å². The fraction of sp³-hybridized carbons (Fsp3) is 0.375. The molecule has 2 aromatic rings. The first-order valence-electron chi connectivity index (χ1n) is 10.4. The molecule has 30 heavy (non-hydrogen) atoms. The summed E-state index contributed by atoms with van der Waals surface area (Å²) in [7, 11) is 0. The van der Waals surface area contributed by atoms with E-state index in [4.69, 9.17) is 0 Å². The normalized spacial score (nSPS) is 20.7. The molecule has 2 aromatic carbocycles. The smallest absolute Gasteiger partial charge is 0.226 e. The molecule has 5 nitrogen and oxygen atoms in total. The van der Waals surface area contributed by atoms with Crippen molar-refractivity contribution in [1.82, 2.24) is 9.80 Å². The largest absolute Gasteiger partial charge is 0.339 e. The molecule has 0 aromatic heterocycles. The van der Waals surface area contributed by atoms with Crippen molar-refractivity contribution in [1.29, 1.82) is 0 Å². The number of benzene rings is 2. The Morgan fingerprint density at radius 2 is 1.47 bits per heavy atom. The van der Waals surface area contributed by atoms with Crippen LogP contribution < -0.4 is 0 Å². The number of carbonyl (C=O) groups excluding carboxylic acids is 3. The Hall–Kier alpha value is -3.02. The fourth-order valence-electron chi connectivity index (χ4n) is 4.10. The molecule has 1 saturated carbocycles. The van der Waals surface area contributed by atoms with Gasteiger partial charge in [-0.2, -0.15) is 0 Å². The fourth-order valence-corrected chi connectivity index (χ4v) is 4.10. The van der Waals surface area contributed by atoms with Gasteiger partial charge in [0.15, 0.2) is 5.78 Å². The SMILES string of the molecule is O=C(CCC(=O)N1CCN(C(=O)C2CC2c2ccc(F)cc2)CC1)c1ccccc1. The van der Waals surface area contributed by atoms with Crippen molar-refractivity contribution in [2.75, 3.05) is 26.2 Å². The van der Waals surface area contributed by atoms with Crippen molar-refractivity contribution in [3.05, 3.63) is 71.5 Å². The van der Waals surface area contributed by atoms with Crippen LogP contribution in [0.1, 0.15) is 41.1 Å². The molecule has 0 bridgehead atoms. The topological polar surface area (TPSA) is 57.7 Å². The minimum atomic E-state index is -0.270. The van der Waals surface area contributed by atoms with E-state index in [1.807, 2.05) is 23.1 Å². The van der Waals surface area contributed by atoms with E-state index < -0.39 is 0 Å². The molecule has 156 valence electrons. The number of halogens is 1. The molecule has 1 aliphatic carbocycles. The van der Waals surface area contributed by atoms with Gasteiger partial charge in [-0.25, -0.2) is 4.39 Å². The molecular weight excluding hydrogens is 383 g/mol. The van der Waals surface area contributed by atoms with E-state index in [1.54, 1.807) is 29.2 Å². The summed E-state index contributed by atoms with van der Waals surface area (Å²) in [6.45, 7) is 2.03. The molecule has 1 heterocycles. The van der Waals surface area contributed by atoms with Crippen LogP contribution in [0.4, 0.5) is 4.39 Å². The third-order valence-corrected chi connectivity index (χ3v) is 6.01. The Kier molecular flexibility index (Phi) is 5.93. The van der Waals surface area contributed by atoms with Gasteiger partial charge in [0.25, 0.3) is 0 Å². The molecule has 0 radical (unpaired) electrons. The van der Waals surface area contributed by atoms with Crippen LogP contribution in [0.15, 0.2) is 54.6 Å². The lowest BCUT2D eigenvalue weighted by Gasteiger charge is -2.35. The highest BCUT2D eigenvalue weighted by atomic mass is 19.1. The standard InChI is InChI=1S/C24H25FN2O3/c25-19-8-6-17(7-9-19)20-16-21(20)24(30)27-14-12-26(13-15-27)23(29)11-10-22(28)18-4-2-1-3-5-18/h1-9,20-21H,10-16H2. The summed E-state index contributed by atoms with van der Waals surface area (Å²) >= 11 is 0. The number of nitrogens with zero attached hydrogens (tertiary/aromatic N) is 2. The van der Waals surface area contributed by atoms with Gasteiger partial charge in [-0.05, 0) is 30.0 Å². The van der Waals surface area contributed by atoms with Gasteiger partial charge in [0.1, 0.15) is 5.82 Å². The first kappa shape index (κ1) is 20.3. The Morgan fingerprint density at radius 1 is 0.833 bits per heavy atom. The third kappa shape index (κ3) is 4.58. The third-order valence-electron chi connectivity index (χ3n) is 6.01. The molecule has 4 rings (SSSR count). The average Bonchev–Trinajstić information content (AvgIpc) is 3.59. The summed E-state index contributed by atoms with van der Waals surface area (Å²) < 4.78 is 13.1. The van der Waals surface area contributed by atoms with Gasteiger partial charge in [-0.3, -0.25) is 14.4 Å². The van der Waals surface area contributed by atoms with Crippen LogP contribution in [-0.4, -0.2) is 53.6 Å². The zero-order valence-electron chi connectivity index (χ0n) is 16.8. The number of Topliss-reactive ketones (excluding diaryl/α,β-unsaturated/α-hetero) is 1. The summed E-state index contributed by atoms with van der Waals surface area (Å²) in [5.74, 6) is -0.0903. The van der Waals surface area contributed by atoms with Crippen LogP contribution in [0.3, 0.4) is 0 Å². The van der Waals surface area contributed by atoms with Crippen molar-refractivity contribution < 1.29 is 18.8 Å². The van der Waals surface area contributed by atoms with Gasteiger partial charge < -0.3 is 9.80 Å². The van der Waals surface area contributed by atoms with Gasteiger partial charge in [0.2, 0.25) is 11.8 Å². The van der Waals surface area contributed by atoms with E-state index in [9.17, 15) is 18.8 Å². The zero-order valence-corrected chi connectivity index (χ0v) is 16.8. The number of amides is 2. The van der Waals surface area contributed by atoms with Crippen molar-refractivity contribution in [2.24, 2.45) is 5.92 Å². The maximum atomic E-state index is 13.1. The second-order valence-electron chi connectivity index (χ2n) is 8.00. The first-order valence-corrected chi connectivity index (χ1v) is 10.4. The minimum Gasteiger partial charge on any atom is -0.339 e. The lowest BCUT2D eigenvalue weighted by atomic mass is 10.1. The minimum absolute atomic E-state index is 0.0293. The molecule has 2 unspecified atom stereocenters. The van der Waals surface area contributed by atoms with Crippen LogP contribution in [0, 0.1) is 11.7 Å². The molecule has 0 N–H and O–H groups in total. The molecule has 2 atom stereocenters. The van der Waals surface area contributed by atoms with E-state index >= 15 is 0 Å². The maximum Gasteiger partial charge on any atom is 0.226 e. The maximum absolute atomic E-state index is 13.1. The number of piperazine rings is 1. The Bertz CT molecular complexity index is 921. The van der Waals surface area contributed by atoms with Gasteiger partial charge in [0, 0.05) is 50.5 Å². The Balaban J connectivity index is 1.22. The van der Waals surface area contributed by atoms with E-state index in [-0.39, 0.29) is 48.1 Å². The lowest BCUT2D eigenvalue weighted by Crippen LogP contribution is -2.51. The van der Waals surface area contributed by atoms with Crippen molar-refractivity contribution in [3.8, 4) is 0 Å². The van der Waals surface area contributed by atoms with Crippen LogP contribution in [0.2, 0.25) is 0 Å². The average molecular weight is 408 g/mol. The summed E-state index contributed by atoms with van der Waals surface area (Å²) in [5, 5.41) is 0. The molecule has 6 heteroatoms. The first-order chi connectivity index (χ1) is 14.5. The van der Waals surface area contributed by atoms with Gasteiger partial charge in [-0.1, -0.05) is 42.5 Å². The van der Waals surface area contributed by atoms with E-state index in [0.29, 0.717) is 31.7 Å². The van der Waals surface area contributed by atoms with Crippen molar-refractivity contribution in [3.63, 3.8) is 0 Å². The number of ketones is 1. The Labute approximate surface area is 175 Å². The molecule has 2 amide bonds. The van der Waals surface area contributed by atoms with Crippen LogP contribution in [0.5, 0.6) is 0 Å². The number of rotatable bonds is 6. The second kappa shape index (κ2) is 8.78. The van der Waals surface area contributed by atoms with Gasteiger partial charge in [0.05, 0.1) is 0 Å². The number of hydrogen-bond donors (Lipinski definition) is 0. The summed E-state index contributed by atoms with van der Waals surface area (Å²) in [5.41, 5.74) is 1.63. The highest BCUT2D eigenvalue weighted by Crippen LogP contribution is 2.48. The molecular formula is C24H25FN2O3. The Morgan fingerprint density at radius 3 is 2.13 bits per heavy atom. The lowest BCUT2D eigenvalue weighted by molar-refractivity contribution is -0.140. The van der Waals surface area contributed by atoms with Gasteiger partial charge in [-0.15, -0.1) is 0 Å². The number of carbonyl (C=O) groups is 3. The molecule has 2 fully saturated rings. The predicted octanol–water partition coefficient (Wildman–Crippen LogP) is 3.26. The van der Waals surface area contributed by atoms with Crippen molar-refractivity contribution >= 4 is 17.6 Å².